The number of hydrogen-bond acceptors (Lipinski definition) is 2. The van der Waals surface area contributed by atoms with Gasteiger partial charge in [0.2, 0.25) is 5.91 Å². The van der Waals surface area contributed by atoms with Crippen LogP contribution in [0.25, 0.3) is 0 Å². The van der Waals surface area contributed by atoms with E-state index in [9.17, 15) is 9.59 Å². The van der Waals surface area contributed by atoms with E-state index in [1.54, 1.807) is 18.2 Å². The summed E-state index contributed by atoms with van der Waals surface area (Å²) >= 11 is 0. The smallest absolute Gasteiger partial charge is 0.251 e. The summed E-state index contributed by atoms with van der Waals surface area (Å²) in [5.41, 5.74) is 3.86. The second-order valence-corrected chi connectivity index (χ2v) is 6.51. The summed E-state index contributed by atoms with van der Waals surface area (Å²) in [4.78, 5) is 24.3. The van der Waals surface area contributed by atoms with Gasteiger partial charge in [-0.15, -0.1) is 0 Å². The Morgan fingerprint density at radius 1 is 1.13 bits per heavy atom. The summed E-state index contributed by atoms with van der Waals surface area (Å²) in [6.07, 6.45) is 0. The molecule has 2 N–H and O–H groups in total. The van der Waals surface area contributed by atoms with E-state index in [2.05, 4.69) is 10.6 Å². The Balaban J connectivity index is 1.75. The zero-order valence-electron chi connectivity index (χ0n) is 13.6. The molecule has 0 radical (unpaired) electrons. The van der Waals surface area contributed by atoms with E-state index < -0.39 is 5.41 Å². The van der Waals surface area contributed by atoms with E-state index in [0.717, 1.165) is 16.8 Å². The van der Waals surface area contributed by atoms with Crippen LogP contribution in [-0.2, 0) is 16.8 Å². The second kappa shape index (κ2) is 5.54. The molecule has 4 heteroatoms. The Labute approximate surface area is 135 Å². The number of benzene rings is 2. The van der Waals surface area contributed by atoms with Crippen LogP contribution >= 0.6 is 0 Å². The van der Waals surface area contributed by atoms with E-state index in [4.69, 9.17) is 0 Å². The molecule has 3 rings (SSSR count). The SMILES string of the molecule is Cc1ccc(CNC(=O)c2ccc3c(c2)C(C)(C)C(=O)N3)cc1. The summed E-state index contributed by atoms with van der Waals surface area (Å²) < 4.78 is 0. The molecule has 2 amide bonds. The fourth-order valence-electron chi connectivity index (χ4n) is 2.70. The Morgan fingerprint density at radius 2 is 1.83 bits per heavy atom. The van der Waals surface area contributed by atoms with Crippen LogP contribution in [-0.4, -0.2) is 11.8 Å². The van der Waals surface area contributed by atoms with Crippen molar-refractivity contribution < 1.29 is 9.59 Å². The first-order chi connectivity index (χ1) is 10.9. The largest absolute Gasteiger partial charge is 0.348 e. The molecule has 2 aromatic carbocycles. The maximum atomic E-state index is 12.4. The molecule has 0 unspecified atom stereocenters. The lowest BCUT2D eigenvalue weighted by Gasteiger charge is -2.15. The molecule has 0 saturated heterocycles. The summed E-state index contributed by atoms with van der Waals surface area (Å²) in [6.45, 7) is 6.24. The van der Waals surface area contributed by atoms with Crippen LogP contribution in [0.3, 0.4) is 0 Å². The van der Waals surface area contributed by atoms with Crippen LogP contribution in [0.4, 0.5) is 5.69 Å². The van der Waals surface area contributed by atoms with Gasteiger partial charge in [0.05, 0.1) is 5.41 Å². The summed E-state index contributed by atoms with van der Waals surface area (Å²) in [6, 6.07) is 13.4. The highest BCUT2D eigenvalue weighted by Crippen LogP contribution is 2.37. The minimum absolute atomic E-state index is 0.0373. The van der Waals surface area contributed by atoms with Crippen molar-refractivity contribution in [2.75, 3.05) is 5.32 Å². The van der Waals surface area contributed by atoms with Crippen LogP contribution in [0.1, 0.15) is 40.9 Å². The zero-order valence-corrected chi connectivity index (χ0v) is 13.6. The zero-order chi connectivity index (χ0) is 16.6. The van der Waals surface area contributed by atoms with Gasteiger partial charge >= 0.3 is 0 Å². The highest BCUT2D eigenvalue weighted by molar-refractivity contribution is 6.07. The maximum Gasteiger partial charge on any atom is 0.251 e. The van der Waals surface area contributed by atoms with Crippen molar-refractivity contribution in [3.05, 3.63) is 64.7 Å². The molecule has 0 fully saturated rings. The lowest BCUT2D eigenvalue weighted by Crippen LogP contribution is -2.27. The van der Waals surface area contributed by atoms with Crippen LogP contribution in [0.5, 0.6) is 0 Å². The third-order valence-electron chi connectivity index (χ3n) is 4.34. The highest BCUT2D eigenvalue weighted by Gasteiger charge is 2.38. The van der Waals surface area contributed by atoms with Crippen molar-refractivity contribution in [1.29, 1.82) is 0 Å². The summed E-state index contributed by atoms with van der Waals surface area (Å²) in [5, 5.41) is 5.77. The number of amides is 2. The summed E-state index contributed by atoms with van der Waals surface area (Å²) in [7, 11) is 0. The van der Waals surface area contributed by atoms with Gasteiger partial charge in [-0.25, -0.2) is 0 Å². The number of carbonyl (C=O) groups is 2. The Bertz CT molecular complexity index is 776. The van der Waals surface area contributed by atoms with Gasteiger partial charge in [0.15, 0.2) is 0 Å². The molecule has 118 valence electrons. The number of aryl methyl sites for hydroxylation is 1. The number of anilines is 1. The molecular formula is C19H20N2O2. The number of fused-ring (bicyclic) bond motifs is 1. The standard InChI is InChI=1S/C19H20N2O2/c1-12-4-6-13(7-5-12)11-20-17(22)14-8-9-16-15(10-14)19(2,3)18(23)21-16/h4-10H,11H2,1-3H3,(H,20,22)(H,21,23). The topological polar surface area (TPSA) is 58.2 Å². The third kappa shape index (κ3) is 2.84. The van der Waals surface area contributed by atoms with Gasteiger partial charge in [0.1, 0.15) is 0 Å². The van der Waals surface area contributed by atoms with E-state index in [1.807, 2.05) is 45.0 Å². The number of nitrogens with one attached hydrogen (secondary N) is 2. The molecule has 23 heavy (non-hydrogen) atoms. The van der Waals surface area contributed by atoms with Crippen molar-refractivity contribution >= 4 is 17.5 Å². The minimum Gasteiger partial charge on any atom is -0.348 e. The molecule has 0 spiro atoms. The number of carbonyl (C=O) groups excluding carboxylic acids is 2. The monoisotopic (exact) mass is 308 g/mol. The molecule has 2 aromatic rings. The minimum atomic E-state index is -0.609. The average Bonchev–Trinajstić information content (AvgIpc) is 2.76. The number of hydrogen-bond donors (Lipinski definition) is 2. The molecule has 0 aromatic heterocycles. The Hall–Kier alpha value is -2.62. The molecule has 1 aliphatic heterocycles. The van der Waals surface area contributed by atoms with Crippen molar-refractivity contribution in [3.8, 4) is 0 Å². The van der Waals surface area contributed by atoms with Crippen molar-refractivity contribution in [2.45, 2.75) is 32.7 Å². The van der Waals surface area contributed by atoms with Gasteiger partial charge < -0.3 is 10.6 Å². The molecule has 0 saturated carbocycles. The fourth-order valence-corrected chi connectivity index (χ4v) is 2.70. The van der Waals surface area contributed by atoms with E-state index in [0.29, 0.717) is 12.1 Å². The van der Waals surface area contributed by atoms with Gasteiger partial charge in [-0.3, -0.25) is 9.59 Å². The van der Waals surface area contributed by atoms with Gasteiger partial charge in [0, 0.05) is 17.8 Å². The van der Waals surface area contributed by atoms with Crippen LogP contribution in [0.15, 0.2) is 42.5 Å². The first-order valence-corrected chi connectivity index (χ1v) is 7.67. The van der Waals surface area contributed by atoms with Crippen molar-refractivity contribution in [3.63, 3.8) is 0 Å². The predicted molar refractivity (Wildman–Crippen MR) is 90.4 cm³/mol. The molecule has 1 heterocycles. The van der Waals surface area contributed by atoms with Gasteiger partial charge in [-0.1, -0.05) is 29.8 Å². The Kier molecular flexibility index (Phi) is 3.68. The fraction of sp³-hybridized carbons (Fsp3) is 0.263. The maximum absolute atomic E-state index is 12.4. The van der Waals surface area contributed by atoms with E-state index in [-0.39, 0.29) is 11.8 Å². The van der Waals surface area contributed by atoms with Gasteiger partial charge in [0.25, 0.3) is 5.91 Å². The van der Waals surface area contributed by atoms with E-state index in [1.165, 1.54) is 5.56 Å². The molecule has 4 nitrogen and oxygen atoms in total. The molecule has 0 aliphatic carbocycles. The van der Waals surface area contributed by atoms with Crippen LogP contribution in [0, 0.1) is 6.92 Å². The highest BCUT2D eigenvalue weighted by atomic mass is 16.2. The lowest BCUT2D eigenvalue weighted by atomic mass is 9.85. The van der Waals surface area contributed by atoms with Crippen LogP contribution in [0.2, 0.25) is 0 Å². The van der Waals surface area contributed by atoms with Crippen molar-refractivity contribution in [1.82, 2.24) is 5.32 Å². The third-order valence-corrected chi connectivity index (χ3v) is 4.34. The second-order valence-electron chi connectivity index (χ2n) is 6.51. The lowest BCUT2D eigenvalue weighted by molar-refractivity contribution is -0.119. The predicted octanol–water partition coefficient (Wildman–Crippen LogP) is 3.15. The first kappa shape index (κ1) is 15.3. The molecular weight excluding hydrogens is 288 g/mol. The summed E-state index contributed by atoms with van der Waals surface area (Å²) in [5.74, 6) is -0.173. The number of rotatable bonds is 3. The van der Waals surface area contributed by atoms with E-state index >= 15 is 0 Å². The first-order valence-electron chi connectivity index (χ1n) is 7.67. The van der Waals surface area contributed by atoms with Crippen molar-refractivity contribution in [2.24, 2.45) is 0 Å². The molecule has 0 atom stereocenters. The van der Waals surface area contributed by atoms with Crippen LogP contribution < -0.4 is 10.6 Å². The Morgan fingerprint density at radius 3 is 2.52 bits per heavy atom. The average molecular weight is 308 g/mol. The van der Waals surface area contributed by atoms with Gasteiger partial charge in [-0.2, -0.15) is 0 Å². The molecule has 0 bridgehead atoms. The quantitative estimate of drug-likeness (QED) is 0.915. The normalized spacial score (nSPS) is 15.0. The molecule has 1 aliphatic rings. The van der Waals surface area contributed by atoms with Gasteiger partial charge in [-0.05, 0) is 50.1 Å².